The lowest BCUT2D eigenvalue weighted by atomic mass is 10.2. The van der Waals surface area contributed by atoms with Gasteiger partial charge in [-0.25, -0.2) is 4.98 Å². The number of hydrogen-bond acceptors (Lipinski definition) is 4. The molecule has 5 heteroatoms. The maximum absolute atomic E-state index is 11.7. The van der Waals surface area contributed by atoms with Crippen molar-refractivity contribution in [2.24, 2.45) is 0 Å². The van der Waals surface area contributed by atoms with Crippen LogP contribution in [0.5, 0.6) is 0 Å². The lowest BCUT2D eigenvalue weighted by molar-refractivity contribution is -0.114. The molecule has 2 aromatic rings. The lowest BCUT2D eigenvalue weighted by Crippen LogP contribution is -2.09. The second-order valence-electron chi connectivity index (χ2n) is 3.38. The van der Waals surface area contributed by atoms with Crippen molar-refractivity contribution in [3.05, 3.63) is 34.6 Å². The Kier molecular flexibility index (Phi) is 3.05. The van der Waals surface area contributed by atoms with Gasteiger partial charge in [0, 0.05) is 0 Å². The predicted octanol–water partition coefficient (Wildman–Crippen LogP) is 1.60. The first-order chi connectivity index (χ1) is 7.66. The maximum Gasteiger partial charge on any atom is 0.259 e. The molecule has 0 amide bonds. The number of hydrogen-bond donors (Lipinski definition) is 1. The standard InChI is InChI=1S/C11H10N2O2S/c1-7(14)6-16-11-12-9-5-3-2-4-8(9)10(15)13-11/h2-5H,6H2,1H3,(H,12,13,15). The Morgan fingerprint density at radius 1 is 1.44 bits per heavy atom. The van der Waals surface area contributed by atoms with Crippen LogP contribution in [0.2, 0.25) is 0 Å². The summed E-state index contributed by atoms with van der Waals surface area (Å²) < 4.78 is 0. The number of H-pyrrole nitrogens is 1. The number of Topliss-reactive ketones (excluding diaryl/α,β-unsaturated/α-hetero) is 1. The molecule has 2 rings (SSSR count). The van der Waals surface area contributed by atoms with Crippen LogP contribution in [0.1, 0.15) is 6.92 Å². The van der Waals surface area contributed by atoms with Gasteiger partial charge >= 0.3 is 0 Å². The molecule has 0 spiro atoms. The third-order valence-electron chi connectivity index (χ3n) is 2.00. The molecule has 1 N–H and O–H groups in total. The number of aromatic amines is 1. The van der Waals surface area contributed by atoms with E-state index in [1.165, 1.54) is 18.7 Å². The second kappa shape index (κ2) is 4.49. The smallest absolute Gasteiger partial charge is 0.259 e. The van der Waals surface area contributed by atoms with Gasteiger partial charge in [-0.15, -0.1) is 0 Å². The highest BCUT2D eigenvalue weighted by Gasteiger charge is 2.04. The van der Waals surface area contributed by atoms with Gasteiger partial charge in [-0.05, 0) is 19.1 Å². The number of ketones is 1. The van der Waals surface area contributed by atoms with Crippen molar-refractivity contribution in [2.45, 2.75) is 12.1 Å². The van der Waals surface area contributed by atoms with Crippen LogP contribution in [0.4, 0.5) is 0 Å². The highest BCUT2D eigenvalue weighted by Crippen LogP contribution is 2.14. The summed E-state index contributed by atoms with van der Waals surface area (Å²) in [6, 6.07) is 7.12. The molecule has 0 unspecified atom stereocenters. The van der Waals surface area contributed by atoms with Crippen molar-refractivity contribution in [3.8, 4) is 0 Å². The van der Waals surface area contributed by atoms with Gasteiger partial charge < -0.3 is 4.98 Å². The molecule has 0 saturated carbocycles. The van der Waals surface area contributed by atoms with Crippen LogP contribution in [-0.2, 0) is 4.79 Å². The third-order valence-corrected chi connectivity index (χ3v) is 3.02. The molecule has 4 nitrogen and oxygen atoms in total. The number of rotatable bonds is 3. The fourth-order valence-electron chi connectivity index (χ4n) is 1.30. The van der Waals surface area contributed by atoms with E-state index in [0.29, 0.717) is 21.8 Å². The largest absolute Gasteiger partial charge is 0.301 e. The molecule has 1 aromatic heterocycles. The Labute approximate surface area is 96.1 Å². The molecular formula is C11H10N2O2S. The Bertz CT molecular complexity index is 592. The minimum absolute atomic E-state index is 0.0563. The minimum Gasteiger partial charge on any atom is -0.301 e. The Morgan fingerprint density at radius 3 is 2.94 bits per heavy atom. The number of nitrogens with zero attached hydrogens (tertiary/aromatic N) is 1. The van der Waals surface area contributed by atoms with E-state index in [4.69, 9.17) is 0 Å². The first-order valence-corrected chi connectivity index (χ1v) is 5.76. The van der Waals surface area contributed by atoms with Crippen LogP contribution in [-0.4, -0.2) is 21.5 Å². The number of benzene rings is 1. The van der Waals surface area contributed by atoms with Gasteiger partial charge in [0.05, 0.1) is 16.7 Å². The van der Waals surface area contributed by atoms with Crippen molar-refractivity contribution in [1.29, 1.82) is 0 Å². The van der Waals surface area contributed by atoms with Gasteiger partial charge in [0.15, 0.2) is 5.16 Å². The second-order valence-corrected chi connectivity index (χ2v) is 4.34. The van der Waals surface area contributed by atoms with Gasteiger partial charge in [-0.1, -0.05) is 23.9 Å². The summed E-state index contributed by atoms with van der Waals surface area (Å²) in [6.45, 7) is 1.51. The van der Waals surface area contributed by atoms with E-state index in [1.54, 1.807) is 18.2 Å². The zero-order valence-electron chi connectivity index (χ0n) is 8.69. The quantitative estimate of drug-likeness (QED) is 0.647. The highest BCUT2D eigenvalue weighted by molar-refractivity contribution is 7.99. The van der Waals surface area contributed by atoms with Crippen LogP contribution in [0.3, 0.4) is 0 Å². The predicted molar refractivity (Wildman–Crippen MR) is 63.8 cm³/mol. The van der Waals surface area contributed by atoms with Crippen LogP contribution in [0, 0.1) is 0 Å². The SMILES string of the molecule is CC(=O)CSc1nc2ccccc2c(=O)[nH]1. The van der Waals surface area contributed by atoms with Gasteiger partial charge in [0.2, 0.25) is 0 Å². The molecule has 0 aliphatic rings. The van der Waals surface area contributed by atoms with Crippen LogP contribution in [0.25, 0.3) is 10.9 Å². The maximum atomic E-state index is 11.7. The molecule has 0 atom stereocenters. The topological polar surface area (TPSA) is 62.8 Å². The van der Waals surface area contributed by atoms with Gasteiger partial charge in [-0.2, -0.15) is 0 Å². The molecule has 82 valence electrons. The zero-order chi connectivity index (χ0) is 11.5. The van der Waals surface area contributed by atoms with Crippen LogP contribution in [0.15, 0.2) is 34.2 Å². The first-order valence-electron chi connectivity index (χ1n) is 4.78. The number of aromatic nitrogens is 2. The number of para-hydroxylation sites is 1. The highest BCUT2D eigenvalue weighted by atomic mass is 32.2. The molecule has 0 aliphatic heterocycles. The van der Waals surface area contributed by atoms with Crippen LogP contribution >= 0.6 is 11.8 Å². The van der Waals surface area contributed by atoms with E-state index in [9.17, 15) is 9.59 Å². The Hall–Kier alpha value is -1.62. The molecule has 0 radical (unpaired) electrons. The molecule has 0 aliphatic carbocycles. The van der Waals surface area contributed by atoms with Crippen molar-refractivity contribution in [3.63, 3.8) is 0 Å². The van der Waals surface area contributed by atoms with E-state index in [1.807, 2.05) is 6.07 Å². The lowest BCUT2D eigenvalue weighted by Gasteiger charge is -2.00. The van der Waals surface area contributed by atoms with Gasteiger partial charge in [0.1, 0.15) is 5.78 Å². The number of fused-ring (bicyclic) bond motifs is 1. The molecular weight excluding hydrogens is 224 g/mol. The molecule has 0 saturated heterocycles. The fourth-order valence-corrected chi connectivity index (χ4v) is 1.97. The van der Waals surface area contributed by atoms with E-state index in [-0.39, 0.29) is 11.3 Å². The average molecular weight is 234 g/mol. The van der Waals surface area contributed by atoms with Crippen molar-refractivity contribution < 1.29 is 4.79 Å². The average Bonchev–Trinajstić information content (AvgIpc) is 2.26. The van der Waals surface area contributed by atoms with E-state index in [0.717, 1.165) is 0 Å². The van der Waals surface area contributed by atoms with Crippen molar-refractivity contribution in [2.75, 3.05) is 5.75 Å². The molecule has 0 bridgehead atoms. The monoisotopic (exact) mass is 234 g/mol. The van der Waals surface area contributed by atoms with Gasteiger partial charge in [0.25, 0.3) is 5.56 Å². The summed E-state index contributed by atoms with van der Waals surface area (Å²) in [6.07, 6.45) is 0. The molecule has 1 heterocycles. The minimum atomic E-state index is -0.170. The number of carbonyl (C=O) groups is 1. The Morgan fingerprint density at radius 2 is 2.19 bits per heavy atom. The molecule has 16 heavy (non-hydrogen) atoms. The van der Waals surface area contributed by atoms with Gasteiger partial charge in [-0.3, -0.25) is 9.59 Å². The Balaban J connectivity index is 2.42. The normalized spacial score (nSPS) is 10.6. The summed E-state index contributed by atoms with van der Waals surface area (Å²) >= 11 is 1.24. The first kappa shape index (κ1) is 10.9. The summed E-state index contributed by atoms with van der Waals surface area (Å²) in [5.74, 6) is 0.377. The van der Waals surface area contributed by atoms with Crippen molar-refractivity contribution >= 4 is 28.4 Å². The number of carbonyl (C=O) groups excluding carboxylic acids is 1. The summed E-state index contributed by atoms with van der Waals surface area (Å²) in [4.78, 5) is 29.4. The zero-order valence-corrected chi connectivity index (χ0v) is 9.50. The number of thioether (sulfide) groups is 1. The summed E-state index contributed by atoms with van der Waals surface area (Å²) in [5.41, 5.74) is 0.481. The van der Waals surface area contributed by atoms with E-state index >= 15 is 0 Å². The third kappa shape index (κ3) is 2.30. The van der Waals surface area contributed by atoms with E-state index in [2.05, 4.69) is 9.97 Å². The summed E-state index contributed by atoms with van der Waals surface area (Å²) in [5, 5.41) is 1.05. The fraction of sp³-hybridized carbons (Fsp3) is 0.182. The molecule has 1 aromatic carbocycles. The molecule has 0 fully saturated rings. The van der Waals surface area contributed by atoms with E-state index < -0.39 is 0 Å². The van der Waals surface area contributed by atoms with Crippen LogP contribution < -0.4 is 5.56 Å². The van der Waals surface area contributed by atoms with Crippen molar-refractivity contribution in [1.82, 2.24) is 9.97 Å². The number of nitrogens with one attached hydrogen (secondary N) is 1. The summed E-state index contributed by atoms with van der Waals surface area (Å²) in [7, 11) is 0.